The number of ether oxygens (including phenoxy) is 1. The van der Waals surface area contributed by atoms with Gasteiger partial charge in [0.15, 0.2) is 0 Å². The van der Waals surface area contributed by atoms with Gasteiger partial charge in [0.1, 0.15) is 18.6 Å². The summed E-state index contributed by atoms with van der Waals surface area (Å²) in [5.74, 6) is -1.11. The highest BCUT2D eigenvalue weighted by Crippen LogP contribution is 2.45. The number of alkyl halides is 3. The molecule has 426 valence electrons. The lowest BCUT2D eigenvalue weighted by Gasteiger charge is -2.38. The third kappa shape index (κ3) is 11.9. The van der Waals surface area contributed by atoms with Crippen molar-refractivity contribution in [3.05, 3.63) is 53.4 Å². The molecule has 8 aliphatic rings. The molecule has 1 aromatic carbocycles. The minimum absolute atomic E-state index is 0. The molecule has 5 saturated heterocycles. The van der Waals surface area contributed by atoms with E-state index in [0.717, 1.165) is 73.6 Å². The van der Waals surface area contributed by atoms with Gasteiger partial charge in [-0.05, 0) is 105 Å². The van der Waals surface area contributed by atoms with E-state index < -0.39 is 42.2 Å². The monoisotopic (exact) mass is 1080 g/mol. The molecule has 1 unspecified atom stereocenters. The number of pyridine rings is 1. The van der Waals surface area contributed by atoms with E-state index in [2.05, 4.69) is 47.8 Å². The molecule has 1 aliphatic carbocycles. The van der Waals surface area contributed by atoms with Crippen LogP contribution in [0, 0.1) is 16.7 Å². The van der Waals surface area contributed by atoms with Crippen molar-refractivity contribution in [2.24, 2.45) is 16.7 Å². The summed E-state index contributed by atoms with van der Waals surface area (Å²) in [7, 11) is 0. The van der Waals surface area contributed by atoms with Crippen molar-refractivity contribution in [1.29, 1.82) is 0 Å². The Balaban J connectivity index is 0.00000688. The Hall–Kier alpha value is -5.08. The van der Waals surface area contributed by atoms with Gasteiger partial charge in [0, 0.05) is 112 Å². The van der Waals surface area contributed by atoms with E-state index in [1.54, 1.807) is 0 Å². The molecule has 1 saturated carbocycles. The lowest BCUT2D eigenvalue weighted by atomic mass is 9.83. The summed E-state index contributed by atoms with van der Waals surface area (Å²) in [4.78, 5) is 73.3. The van der Waals surface area contributed by atoms with Crippen molar-refractivity contribution in [2.75, 3.05) is 96.6 Å². The third-order valence-corrected chi connectivity index (χ3v) is 17.8. The molecule has 0 radical (unpaired) electrons. The standard InChI is InChI=1S/C58H80F3N11O5.CH4/c1-36(2)49-43(26-41(28-63-49)68-23-21-67(22-24-68)40-12-13-40)51-44-27-56(5,6)35-77-55(76)45-10-8-18-72(65-45)54(75)47(31-66-17-7-9-39(30-66)38-11-14-48(42(44)25-38)71(51)34-58(59,60)61)64-52(73)50(37(3)4)69-19-15-57(32-69)16-20-70(33-57)53(74)46-29-62-46;/h9,11,14,25-26,28,36-37,40,45-47,50,62,65H,7-8,10,12-13,15-24,27,29-35H2,1-6H3,(H,64,73);1H4/t45-,46+,47-,50-,57-;/m0./s1. The summed E-state index contributed by atoms with van der Waals surface area (Å²) in [6.07, 6.45) is 5.67. The molecular weight excluding hydrogens is 1000 g/mol. The summed E-state index contributed by atoms with van der Waals surface area (Å²) in [5, 5.41) is 8.57. The molecule has 19 heteroatoms. The van der Waals surface area contributed by atoms with E-state index in [4.69, 9.17) is 9.72 Å². The molecule has 11 rings (SSSR count). The molecule has 6 atom stereocenters. The molecule has 78 heavy (non-hydrogen) atoms. The van der Waals surface area contributed by atoms with Crippen LogP contribution in [0.25, 0.3) is 27.7 Å². The Kier molecular flexibility index (Phi) is 15.9. The molecule has 2 aromatic heterocycles. The Bertz CT molecular complexity index is 2780. The fraction of sp³-hybridized carbons (Fsp3) is 0.678. The van der Waals surface area contributed by atoms with Crippen LogP contribution in [0.4, 0.5) is 18.9 Å². The first kappa shape index (κ1) is 56.2. The van der Waals surface area contributed by atoms with Crippen molar-refractivity contribution in [2.45, 2.75) is 149 Å². The molecule has 6 fully saturated rings. The van der Waals surface area contributed by atoms with E-state index in [0.29, 0.717) is 99.7 Å². The highest BCUT2D eigenvalue weighted by Gasteiger charge is 2.50. The second-order valence-electron chi connectivity index (χ2n) is 25.3. The molecule has 3 N–H and O–H groups in total. The van der Waals surface area contributed by atoms with Crippen molar-refractivity contribution in [1.82, 2.24) is 50.2 Å². The van der Waals surface area contributed by atoms with Crippen LogP contribution in [0.2, 0.25) is 0 Å². The lowest BCUT2D eigenvalue weighted by molar-refractivity contribution is -0.155. The molecule has 7 aliphatic heterocycles. The number of nitrogens with one attached hydrogen (secondary N) is 3. The number of amides is 3. The van der Waals surface area contributed by atoms with Crippen LogP contribution in [-0.4, -0.2) is 186 Å². The maximum Gasteiger partial charge on any atom is 0.406 e. The van der Waals surface area contributed by atoms with Gasteiger partial charge >= 0.3 is 12.1 Å². The predicted molar refractivity (Wildman–Crippen MR) is 296 cm³/mol. The Morgan fingerprint density at radius 3 is 2.41 bits per heavy atom. The van der Waals surface area contributed by atoms with Crippen LogP contribution in [0.15, 0.2) is 36.5 Å². The van der Waals surface area contributed by atoms with Crippen molar-refractivity contribution in [3.63, 3.8) is 0 Å². The SMILES string of the molecule is C.CC(C)c1ncc(N2CCN(C3CC3)CC2)cc1-c1c2c3cc(ccc3n1CC(F)(F)F)C1=CCCN(C1)C[C@H](NC(=O)[C@H](C(C)C)N1CC[C@]3(CCN(C(=O)[C@H]4CN4)C3)C1)C(=O)N1CCC[C@H](N1)C(=O)OCC(C)(C)C2. The Morgan fingerprint density at radius 1 is 0.949 bits per heavy atom. The van der Waals surface area contributed by atoms with Crippen LogP contribution in [-0.2, 0) is 36.9 Å². The third-order valence-electron chi connectivity index (χ3n) is 17.8. The number of benzene rings is 1. The summed E-state index contributed by atoms with van der Waals surface area (Å²) in [5.41, 5.74) is 8.18. The van der Waals surface area contributed by atoms with E-state index in [-0.39, 0.29) is 61.6 Å². The number of esters is 1. The maximum atomic E-state index is 15.2. The summed E-state index contributed by atoms with van der Waals surface area (Å²) >= 11 is 0. The zero-order valence-corrected chi connectivity index (χ0v) is 46.0. The number of halogens is 3. The highest BCUT2D eigenvalue weighted by molar-refractivity contribution is 5.95. The number of carbonyl (C=O) groups excluding carboxylic acids is 4. The number of hydrogen-bond acceptors (Lipinski definition) is 12. The van der Waals surface area contributed by atoms with E-state index in [1.807, 2.05) is 70.8 Å². The number of cyclic esters (lactones) is 1. The fourth-order valence-corrected chi connectivity index (χ4v) is 13.6. The topological polar surface area (TPSA) is 161 Å². The zero-order chi connectivity index (χ0) is 54.1. The highest BCUT2D eigenvalue weighted by atomic mass is 19.4. The van der Waals surface area contributed by atoms with Gasteiger partial charge in [-0.15, -0.1) is 0 Å². The number of hydrogen-bond donors (Lipinski definition) is 3. The average molecular weight is 1080 g/mol. The van der Waals surface area contributed by atoms with Crippen molar-refractivity contribution in [3.8, 4) is 11.3 Å². The smallest absolute Gasteiger partial charge is 0.406 e. The zero-order valence-electron chi connectivity index (χ0n) is 46.0. The van der Waals surface area contributed by atoms with Gasteiger partial charge < -0.3 is 29.7 Å². The molecule has 16 nitrogen and oxygen atoms in total. The van der Waals surface area contributed by atoms with Gasteiger partial charge in [0.2, 0.25) is 11.8 Å². The van der Waals surface area contributed by atoms with Crippen LogP contribution < -0.4 is 21.0 Å². The van der Waals surface area contributed by atoms with E-state index >= 15 is 13.2 Å². The van der Waals surface area contributed by atoms with Crippen LogP contribution in [0.3, 0.4) is 0 Å². The van der Waals surface area contributed by atoms with Crippen LogP contribution in [0.5, 0.6) is 0 Å². The second-order valence-corrected chi connectivity index (χ2v) is 25.3. The first-order chi connectivity index (χ1) is 36.7. The average Bonchev–Trinajstić information content (AvgIpc) is 4.47. The number of rotatable bonds is 10. The normalized spacial score (nSPS) is 27.7. The van der Waals surface area contributed by atoms with Gasteiger partial charge in [-0.2, -0.15) is 13.2 Å². The van der Waals surface area contributed by atoms with E-state index in [9.17, 15) is 19.2 Å². The van der Waals surface area contributed by atoms with Gasteiger partial charge in [-0.1, -0.05) is 61.1 Å². The predicted octanol–water partition coefficient (Wildman–Crippen LogP) is 6.43. The number of nitrogens with zero attached hydrogens (tertiary/aromatic N) is 8. The Morgan fingerprint density at radius 2 is 1.71 bits per heavy atom. The first-order valence-electron chi connectivity index (χ1n) is 28.7. The number of hydrazine groups is 1. The number of piperazine rings is 1. The molecule has 9 heterocycles. The Labute approximate surface area is 458 Å². The lowest BCUT2D eigenvalue weighted by Crippen LogP contribution is -2.63. The van der Waals surface area contributed by atoms with Gasteiger partial charge in [-0.25, -0.2) is 5.43 Å². The van der Waals surface area contributed by atoms with Crippen LogP contribution >= 0.6 is 0 Å². The first-order valence-corrected chi connectivity index (χ1v) is 28.7. The van der Waals surface area contributed by atoms with Crippen molar-refractivity contribution >= 4 is 45.9 Å². The molecule has 3 aromatic rings. The minimum atomic E-state index is -4.55. The molecule has 3 amide bonds. The van der Waals surface area contributed by atoms with Crippen molar-refractivity contribution < 1.29 is 37.1 Å². The summed E-state index contributed by atoms with van der Waals surface area (Å²) in [6.45, 7) is 19.4. The number of anilines is 1. The number of fused-ring (bicyclic) bond motifs is 6. The fourth-order valence-electron chi connectivity index (χ4n) is 13.6. The van der Waals surface area contributed by atoms with Crippen LogP contribution in [0.1, 0.15) is 117 Å². The minimum Gasteiger partial charge on any atom is -0.464 e. The summed E-state index contributed by atoms with van der Waals surface area (Å²) in [6, 6.07) is 6.09. The van der Waals surface area contributed by atoms with E-state index in [1.165, 1.54) is 22.4 Å². The molecular formula is C59H84F3N11O5. The maximum absolute atomic E-state index is 15.2. The number of carbonyl (C=O) groups is 4. The largest absolute Gasteiger partial charge is 0.464 e. The number of aromatic nitrogens is 2. The van der Waals surface area contributed by atoms with Gasteiger partial charge in [0.05, 0.1) is 42.0 Å². The second kappa shape index (κ2) is 22.1. The molecule has 6 bridgehead atoms. The van der Waals surface area contributed by atoms with Gasteiger partial charge in [0.25, 0.3) is 5.91 Å². The summed E-state index contributed by atoms with van der Waals surface area (Å²) < 4.78 is 53.1. The number of likely N-dealkylation sites (tertiary alicyclic amines) is 2. The van der Waals surface area contributed by atoms with Gasteiger partial charge in [-0.3, -0.25) is 43.9 Å². The quantitative estimate of drug-likeness (QED) is 0.151. The molecule has 1 spiro atoms.